The van der Waals surface area contributed by atoms with E-state index in [-0.39, 0.29) is 23.8 Å². The number of aromatic nitrogens is 2. The number of nitrogens with one attached hydrogen (secondary N) is 1. The highest BCUT2D eigenvalue weighted by atomic mass is 16.2. The molecule has 26 heavy (non-hydrogen) atoms. The molecule has 0 saturated carbocycles. The van der Waals surface area contributed by atoms with E-state index in [4.69, 9.17) is 0 Å². The number of nitrogens with zero attached hydrogens (tertiary/aromatic N) is 4. The quantitative estimate of drug-likeness (QED) is 0.914. The molecule has 1 aromatic carbocycles. The lowest BCUT2D eigenvalue weighted by Gasteiger charge is -2.32. The Hall–Kier alpha value is -2.96. The van der Waals surface area contributed by atoms with Crippen molar-refractivity contribution in [2.45, 2.75) is 18.9 Å². The summed E-state index contributed by atoms with van der Waals surface area (Å²) in [6, 6.07) is 9.72. The number of amides is 2. The van der Waals surface area contributed by atoms with Gasteiger partial charge in [-0.25, -0.2) is 9.97 Å². The summed E-state index contributed by atoms with van der Waals surface area (Å²) in [6.07, 6.45) is 4.89. The van der Waals surface area contributed by atoms with Crippen LogP contribution in [0.5, 0.6) is 0 Å². The van der Waals surface area contributed by atoms with Crippen LogP contribution in [0.25, 0.3) is 0 Å². The molecule has 3 saturated heterocycles. The number of fused-ring (bicyclic) bond motifs is 4. The number of rotatable bonds is 3. The second-order valence-electron chi connectivity index (χ2n) is 6.87. The van der Waals surface area contributed by atoms with Gasteiger partial charge >= 0.3 is 0 Å². The van der Waals surface area contributed by atoms with Gasteiger partial charge in [-0.15, -0.1) is 0 Å². The number of anilines is 2. The molecule has 134 valence electrons. The summed E-state index contributed by atoms with van der Waals surface area (Å²) >= 11 is 0. The van der Waals surface area contributed by atoms with Gasteiger partial charge in [0, 0.05) is 44.3 Å². The zero-order valence-corrected chi connectivity index (χ0v) is 14.6. The Morgan fingerprint density at radius 3 is 2.58 bits per heavy atom. The Labute approximate surface area is 152 Å². The van der Waals surface area contributed by atoms with Crippen LogP contribution in [0.1, 0.15) is 23.2 Å². The van der Waals surface area contributed by atoms with E-state index in [0.29, 0.717) is 24.6 Å². The van der Waals surface area contributed by atoms with Gasteiger partial charge < -0.3 is 15.1 Å². The molecule has 0 radical (unpaired) electrons. The van der Waals surface area contributed by atoms with Crippen molar-refractivity contribution in [2.24, 2.45) is 5.92 Å². The third-order valence-electron chi connectivity index (χ3n) is 5.18. The number of hydrogen-bond acceptors (Lipinski definition) is 5. The SMILES string of the molecule is CN1C(=O)[C@@H]2CC[C@H]1CN(C(=O)c1cnc(Nc3ccccc3)nc1)C2. The third-order valence-corrected chi connectivity index (χ3v) is 5.18. The van der Waals surface area contributed by atoms with Gasteiger partial charge in [0.1, 0.15) is 0 Å². The predicted octanol–water partition coefficient (Wildman–Crippen LogP) is 1.91. The Balaban J connectivity index is 1.47. The number of benzene rings is 1. The molecule has 2 bridgehead atoms. The Bertz CT molecular complexity index is 808. The smallest absolute Gasteiger partial charge is 0.257 e. The molecule has 5 rings (SSSR count). The number of carbonyl (C=O) groups is 2. The molecule has 2 amide bonds. The van der Waals surface area contributed by atoms with Crippen molar-refractivity contribution in [3.05, 3.63) is 48.3 Å². The summed E-state index contributed by atoms with van der Waals surface area (Å²) in [5, 5.41) is 3.10. The molecule has 4 heterocycles. The summed E-state index contributed by atoms with van der Waals surface area (Å²) in [5.74, 6) is 0.382. The molecular weight excluding hydrogens is 330 g/mol. The van der Waals surface area contributed by atoms with Crippen LogP contribution in [0.3, 0.4) is 0 Å². The topological polar surface area (TPSA) is 78.4 Å². The van der Waals surface area contributed by atoms with E-state index in [1.165, 1.54) is 0 Å². The van der Waals surface area contributed by atoms with E-state index in [1.54, 1.807) is 22.2 Å². The van der Waals surface area contributed by atoms with Gasteiger partial charge in [0.2, 0.25) is 11.9 Å². The fourth-order valence-corrected chi connectivity index (χ4v) is 3.66. The van der Waals surface area contributed by atoms with Crippen molar-refractivity contribution < 1.29 is 9.59 Å². The molecule has 0 spiro atoms. The van der Waals surface area contributed by atoms with Gasteiger partial charge in [0.05, 0.1) is 11.5 Å². The van der Waals surface area contributed by atoms with E-state index >= 15 is 0 Å². The summed E-state index contributed by atoms with van der Waals surface area (Å²) in [4.78, 5) is 37.2. The maximum Gasteiger partial charge on any atom is 0.257 e. The number of para-hydroxylation sites is 1. The summed E-state index contributed by atoms with van der Waals surface area (Å²) in [6.45, 7) is 1.05. The first-order valence-electron chi connectivity index (χ1n) is 8.82. The summed E-state index contributed by atoms with van der Waals surface area (Å²) in [7, 11) is 1.83. The predicted molar refractivity (Wildman–Crippen MR) is 96.9 cm³/mol. The highest BCUT2D eigenvalue weighted by molar-refractivity contribution is 5.94. The molecule has 2 atom stereocenters. The summed E-state index contributed by atoms with van der Waals surface area (Å²) < 4.78 is 0. The first-order chi connectivity index (χ1) is 12.6. The molecule has 0 unspecified atom stereocenters. The van der Waals surface area contributed by atoms with Crippen molar-refractivity contribution in [1.82, 2.24) is 19.8 Å². The zero-order chi connectivity index (χ0) is 18.1. The number of hydrogen-bond donors (Lipinski definition) is 1. The Morgan fingerprint density at radius 2 is 1.85 bits per heavy atom. The number of likely N-dealkylation sites (N-methyl/N-ethyl adjacent to an activating group) is 1. The van der Waals surface area contributed by atoms with E-state index in [9.17, 15) is 9.59 Å². The summed E-state index contributed by atoms with van der Waals surface area (Å²) in [5.41, 5.74) is 1.33. The second kappa shape index (κ2) is 6.74. The van der Waals surface area contributed by atoms with Crippen molar-refractivity contribution in [2.75, 3.05) is 25.5 Å². The normalized spacial score (nSPS) is 22.3. The van der Waals surface area contributed by atoms with E-state index in [0.717, 1.165) is 18.5 Å². The van der Waals surface area contributed by atoms with Crippen LogP contribution >= 0.6 is 0 Å². The van der Waals surface area contributed by atoms with Crippen LogP contribution in [0.2, 0.25) is 0 Å². The highest BCUT2D eigenvalue weighted by Crippen LogP contribution is 2.28. The number of carbonyl (C=O) groups excluding carboxylic acids is 2. The molecular formula is C19H21N5O2. The van der Waals surface area contributed by atoms with Gasteiger partial charge in [0.15, 0.2) is 0 Å². The van der Waals surface area contributed by atoms with Crippen molar-refractivity contribution >= 4 is 23.5 Å². The number of piperidine rings is 1. The van der Waals surface area contributed by atoms with E-state index in [2.05, 4.69) is 15.3 Å². The lowest BCUT2D eigenvalue weighted by atomic mass is 9.95. The molecule has 3 aliphatic heterocycles. The fourth-order valence-electron chi connectivity index (χ4n) is 3.66. The Morgan fingerprint density at radius 1 is 1.12 bits per heavy atom. The van der Waals surface area contributed by atoms with Gasteiger partial charge in [-0.2, -0.15) is 0 Å². The minimum Gasteiger partial charge on any atom is -0.341 e. The Kier molecular flexibility index (Phi) is 4.28. The molecule has 0 aliphatic carbocycles. The van der Waals surface area contributed by atoms with Crippen LogP contribution in [-0.4, -0.2) is 57.8 Å². The standard InChI is InChI=1S/C19H21N5O2/c1-23-16-8-7-13(17(23)25)11-24(12-16)18(26)14-9-20-19(21-10-14)22-15-5-3-2-4-6-15/h2-6,9-10,13,16H,7-8,11-12H2,1H3,(H,20,21,22)/t13-,16+/m1/s1. The monoisotopic (exact) mass is 351 g/mol. The highest BCUT2D eigenvalue weighted by Gasteiger charge is 2.40. The largest absolute Gasteiger partial charge is 0.341 e. The second-order valence-corrected chi connectivity index (χ2v) is 6.87. The minimum absolute atomic E-state index is 0.0948. The van der Waals surface area contributed by atoms with Gasteiger partial charge in [-0.3, -0.25) is 9.59 Å². The van der Waals surface area contributed by atoms with Crippen LogP contribution in [0.4, 0.5) is 11.6 Å². The third kappa shape index (κ3) is 3.12. The van der Waals surface area contributed by atoms with Crippen LogP contribution in [-0.2, 0) is 4.79 Å². The van der Waals surface area contributed by atoms with E-state index in [1.807, 2.05) is 37.4 Å². The van der Waals surface area contributed by atoms with Crippen LogP contribution < -0.4 is 5.32 Å². The van der Waals surface area contributed by atoms with E-state index < -0.39 is 0 Å². The fraction of sp³-hybridized carbons (Fsp3) is 0.368. The first kappa shape index (κ1) is 16.5. The molecule has 3 aliphatic rings. The van der Waals surface area contributed by atoms with Crippen molar-refractivity contribution in [3.63, 3.8) is 0 Å². The minimum atomic E-state index is -0.115. The maximum atomic E-state index is 12.9. The molecule has 7 nitrogen and oxygen atoms in total. The first-order valence-corrected chi connectivity index (χ1v) is 8.82. The molecule has 3 fully saturated rings. The lowest BCUT2D eigenvalue weighted by Crippen LogP contribution is -2.45. The van der Waals surface area contributed by atoms with Gasteiger partial charge in [-0.05, 0) is 25.0 Å². The van der Waals surface area contributed by atoms with Gasteiger partial charge in [-0.1, -0.05) is 18.2 Å². The van der Waals surface area contributed by atoms with Gasteiger partial charge in [0.25, 0.3) is 5.91 Å². The lowest BCUT2D eigenvalue weighted by molar-refractivity contribution is -0.138. The van der Waals surface area contributed by atoms with Crippen molar-refractivity contribution in [1.29, 1.82) is 0 Å². The molecule has 7 heteroatoms. The molecule has 1 N–H and O–H groups in total. The average Bonchev–Trinajstić information content (AvgIpc) is 2.96. The zero-order valence-electron chi connectivity index (χ0n) is 14.6. The van der Waals surface area contributed by atoms with Crippen LogP contribution in [0.15, 0.2) is 42.7 Å². The molecule has 1 aromatic heterocycles. The maximum absolute atomic E-state index is 12.9. The van der Waals surface area contributed by atoms with Crippen molar-refractivity contribution in [3.8, 4) is 0 Å². The molecule has 2 aromatic rings. The average molecular weight is 351 g/mol. The van der Waals surface area contributed by atoms with Crippen LogP contribution in [0, 0.1) is 5.92 Å².